The van der Waals surface area contributed by atoms with Gasteiger partial charge in [-0.3, -0.25) is 0 Å². The fraction of sp³-hybridized carbons (Fsp3) is 0.174. The largest absolute Gasteiger partial charge is 0.436 e. The lowest BCUT2D eigenvalue weighted by molar-refractivity contribution is 0.0260. The minimum absolute atomic E-state index is 0.308. The van der Waals surface area contributed by atoms with Gasteiger partial charge in [0.15, 0.2) is 22.7 Å². The standard InChI is InChI=1S/C23H16F2N6O3/c24-12-3-4-15(25)13(8-12)17-2-1-6-30(17)21-5-7-31-22(28-21)14(11-26-31)23-27-16-9-19-20(34-29-33-19)10-18(16)32-23/h3-5,7-11,17,29H,1-2,6H2/t17-/m1/s1. The molecule has 0 amide bonds. The van der Waals surface area contributed by atoms with Gasteiger partial charge in [0.25, 0.3) is 0 Å². The normalized spacial score (nSPS) is 17.4. The van der Waals surface area contributed by atoms with Crippen molar-refractivity contribution in [1.82, 2.24) is 25.2 Å². The third-order valence-electron chi connectivity index (χ3n) is 6.21. The lowest BCUT2D eigenvalue weighted by Crippen LogP contribution is -2.24. The molecule has 5 aromatic rings. The van der Waals surface area contributed by atoms with E-state index in [1.54, 1.807) is 29.0 Å². The number of fused-ring (bicyclic) bond motifs is 3. The van der Waals surface area contributed by atoms with Crippen LogP contribution < -0.4 is 20.2 Å². The van der Waals surface area contributed by atoms with Crippen molar-refractivity contribution in [2.45, 2.75) is 18.9 Å². The zero-order chi connectivity index (χ0) is 22.8. The summed E-state index contributed by atoms with van der Waals surface area (Å²) in [6.45, 7) is 0.676. The molecule has 0 bridgehead atoms. The summed E-state index contributed by atoms with van der Waals surface area (Å²) in [5.41, 5.74) is 4.93. The van der Waals surface area contributed by atoms with Crippen LogP contribution in [0.5, 0.6) is 11.5 Å². The Morgan fingerprint density at radius 3 is 2.82 bits per heavy atom. The Labute approximate surface area is 190 Å². The maximum atomic E-state index is 14.5. The Balaban J connectivity index is 1.30. The molecule has 0 radical (unpaired) electrons. The van der Waals surface area contributed by atoms with Crippen LogP contribution in [0.15, 0.2) is 53.2 Å². The second-order valence-corrected chi connectivity index (χ2v) is 8.20. The first kappa shape index (κ1) is 19.2. The number of nitrogens with zero attached hydrogens (tertiary/aromatic N) is 5. The third-order valence-corrected chi connectivity index (χ3v) is 6.21. The molecule has 1 atom stereocenters. The van der Waals surface area contributed by atoms with Crippen LogP contribution in [-0.4, -0.2) is 26.1 Å². The second kappa shape index (κ2) is 7.12. The summed E-state index contributed by atoms with van der Waals surface area (Å²) in [6.07, 6.45) is 4.96. The molecule has 3 aromatic heterocycles. The lowest BCUT2D eigenvalue weighted by atomic mass is 10.0. The van der Waals surface area contributed by atoms with Crippen LogP contribution in [0.3, 0.4) is 0 Å². The van der Waals surface area contributed by atoms with E-state index in [-0.39, 0.29) is 6.04 Å². The topological polar surface area (TPSA) is 90.0 Å². The zero-order valence-corrected chi connectivity index (χ0v) is 17.5. The Morgan fingerprint density at radius 1 is 1.03 bits per heavy atom. The fourth-order valence-electron chi connectivity index (χ4n) is 4.63. The smallest absolute Gasteiger partial charge is 0.232 e. The van der Waals surface area contributed by atoms with Gasteiger partial charge in [0.1, 0.15) is 28.5 Å². The van der Waals surface area contributed by atoms with Crippen molar-refractivity contribution in [1.29, 1.82) is 0 Å². The molecule has 0 unspecified atom stereocenters. The highest BCUT2D eigenvalue weighted by molar-refractivity contribution is 5.83. The number of nitrogens with one attached hydrogen (secondary N) is 1. The van der Waals surface area contributed by atoms with Crippen molar-refractivity contribution in [2.24, 2.45) is 0 Å². The number of oxazole rings is 1. The number of anilines is 1. The van der Waals surface area contributed by atoms with Gasteiger partial charge in [0.2, 0.25) is 5.89 Å². The lowest BCUT2D eigenvalue weighted by Gasteiger charge is -2.26. The summed E-state index contributed by atoms with van der Waals surface area (Å²) >= 11 is 0. The van der Waals surface area contributed by atoms with Crippen LogP contribution in [0.1, 0.15) is 24.4 Å². The van der Waals surface area contributed by atoms with Crippen molar-refractivity contribution in [3.8, 4) is 23.0 Å². The van der Waals surface area contributed by atoms with Crippen molar-refractivity contribution < 1.29 is 22.9 Å². The maximum absolute atomic E-state index is 14.5. The van der Waals surface area contributed by atoms with E-state index in [2.05, 4.69) is 15.7 Å². The maximum Gasteiger partial charge on any atom is 0.232 e. The van der Waals surface area contributed by atoms with Gasteiger partial charge in [-0.15, -0.1) is 0 Å². The summed E-state index contributed by atoms with van der Waals surface area (Å²) in [4.78, 5) is 21.7. The first-order valence-corrected chi connectivity index (χ1v) is 10.7. The molecule has 0 aliphatic carbocycles. The summed E-state index contributed by atoms with van der Waals surface area (Å²) in [7, 11) is 0. The molecule has 2 aliphatic rings. The molecule has 1 fully saturated rings. The van der Waals surface area contributed by atoms with Gasteiger partial charge in [-0.2, -0.15) is 5.10 Å². The molecule has 2 aliphatic heterocycles. The summed E-state index contributed by atoms with van der Waals surface area (Å²) in [5.74, 6) is 1.12. The van der Waals surface area contributed by atoms with E-state index in [9.17, 15) is 8.78 Å². The van der Waals surface area contributed by atoms with Crippen molar-refractivity contribution >= 4 is 22.6 Å². The quantitative estimate of drug-likeness (QED) is 0.423. The van der Waals surface area contributed by atoms with Crippen molar-refractivity contribution in [2.75, 3.05) is 11.4 Å². The molecular weight excluding hydrogens is 446 g/mol. The average Bonchev–Trinajstić information content (AvgIpc) is 3.62. The molecule has 11 heteroatoms. The predicted molar refractivity (Wildman–Crippen MR) is 116 cm³/mol. The van der Waals surface area contributed by atoms with Gasteiger partial charge in [-0.1, -0.05) is 0 Å². The fourth-order valence-corrected chi connectivity index (χ4v) is 4.63. The molecule has 0 spiro atoms. The first-order chi connectivity index (χ1) is 16.6. The van der Waals surface area contributed by atoms with Crippen LogP contribution in [0.4, 0.5) is 14.6 Å². The number of hydrogen-bond donors (Lipinski definition) is 1. The van der Waals surface area contributed by atoms with Gasteiger partial charge >= 0.3 is 0 Å². The number of rotatable bonds is 3. The van der Waals surface area contributed by atoms with Gasteiger partial charge in [0, 0.05) is 36.1 Å². The first-order valence-electron chi connectivity index (χ1n) is 10.7. The average molecular weight is 462 g/mol. The van der Waals surface area contributed by atoms with Crippen LogP contribution >= 0.6 is 0 Å². The molecular formula is C23H16F2N6O3. The Hall–Kier alpha value is -4.25. The summed E-state index contributed by atoms with van der Waals surface area (Å²) in [5, 5.41) is 4.36. The molecule has 7 rings (SSSR count). The molecule has 5 heterocycles. The Morgan fingerprint density at radius 2 is 1.91 bits per heavy atom. The SMILES string of the molecule is Fc1ccc(F)c([C@H]2CCCN2c2ccn3ncc(-c4nc5cc6c(cc5o4)ONO6)c3n2)c1. The van der Waals surface area contributed by atoms with Crippen molar-refractivity contribution in [3.63, 3.8) is 0 Å². The summed E-state index contributed by atoms with van der Waals surface area (Å²) in [6, 6.07) is 8.47. The Bertz CT molecular complexity index is 1540. The molecule has 1 saturated heterocycles. The third kappa shape index (κ3) is 2.90. The minimum Gasteiger partial charge on any atom is -0.436 e. The van der Waals surface area contributed by atoms with E-state index in [4.69, 9.17) is 19.1 Å². The van der Waals surface area contributed by atoms with E-state index >= 15 is 0 Å². The van der Waals surface area contributed by atoms with Gasteiger partial charge in [0.05, 0.1) is 12.2 Å². The minimum atomic E-state index is -0.460. The Kier molecular flexibility index (Phi) is 4.03. The molecule has 1 N–H and O–H groups in total. The van der Waals surface area contributed by atoms with Crippen LogP contribution in [-0.2, 0) is 0 Å². The predicted octanol–water partition coefficient (Wildman–Crippen LogP) is 4.35. The summed E-state index contributed by atoms with van der Waals surface area (Å²) < 4.78 is 36.0. The van der Waals surface area contributed by atoms with Gasteiger partial charge in [-0.05, 0) is 37.1 Å². The van der Waals surface area contributed by atoms with Crippen LogP contribution in [0.2, 0.25) is 0 Å². The van der Waals surface area contributed by atoms with Crippen LogP contribution in [0, 0.1) is 11.6 Å². The van der Waals surface area contributed by atoms with Gasteiger partial charge < -0.3 is 19.0 Å². The van der Waals surface area contributed by atoms with E-state index < -0.39 is 11.6 Å². The second-order valence-electron chi connectivity index (χ2n) is 8.20. The molecule has 170 valence electrons. The molecule has 2 aromatic carbocycles. The van der Waals surface area contributed by atoms with Gasteiger partial charge in [-0.25, -0.2) is 23.3 Å². The van der Waals surface area contributed by atoms with E-state index in [0.717, 1.165) is 12.5 Å². The number of halogens is 2. The van der Waals surface area contributed by atoms with Crippen molar-refractivity contribution in [3.05, 3.63) is 66.0 Å². The highest BCUT2D eigenvalue weighted by Gasteiger charge is 2.30. The van der Waals surface area contributed by atoms with E-state index in [1.165, 1.54) is 12.1 Å². The number of hydrogen-bond acceptors (Lipinski definition) is 8. The monoisotopic (exact) mass is 462 g/mol. The number of aromatic nitrogens is 4. The van der Waals surface area contributed by atoms with E-state index in [0.29, 0.717) is 64.0 Å². The van der Waals surface area contributed by atoms with Crippen LogP contribution in [0.25, 0.3) is 28.2 Å². The molecule has 9 nitrogen and oxygen atoms in total. The molecule has 34 heavy (non-hydrogen) atoms. The molecule has 0 saturated carbocycles. The zero-order valence-electron chi connectivity index (χ0n) is 17.5. The highest BCUT2D eigenvalue weighted by Crippen LogP contribution is 2.39. The number of benzene rings is 2. The van der Waals surface area contributed by atoms with E-state index in [1.807, 2.05) is 11.0 Å². The highest BCUT2D eigenvalue weighted by atomic mass is 19.1.